The molecule has 0 N–H and O–H groups in total. The summed E-state index contributed by atoms with van der Waals surface area (Å²) in [5.41, 5.74) is -0.358. The molecule has 1 rings (SSSR count). The Bertz CT molecular complexity index is 247. The zero-order valence-electron chi connectivity index (χ0n) is 7.96. The first-order chi connectivity index (χ1) is 5.87. The molecule has 1 aliphatic rings. The zero-order valence-corrected chi connectivity index (χ0v) is 9.55. The number of ether oxygens (including phenoxy) is 1. The number of carbonyl (C=O) groups is 2. The van der Waals surface area contributed by atoms with Crippen molar-refractivity contribution in [1.82, 2.24) is 0 Å². The fourth-order valence-electron chi connectivity index (χ4n) is 1.49. The van der Waals surface area contributed by atoms with Gasteiger partial charge in [0.05, 0.1) is 11.4 Å². The van der Waals surface area contributed by atoms with Gasteiger partial charge in [-0.15, -0.1) is 0 Å². The van der Waals surface area contributed by atoms with Crippen LogP contribution in [0.1, 0.15) is 20.8 Å². The van der Waals surface area contributed by atoms with Crippen LogP contribution in [0.5, 0.6) is 0 Å². The number of hydrogen-bond donors (Lipinski definition) is 0. The molecule has 0 aliphatic heterocycles. The molecule has 0 bridgehead atoms. The summed E-state index contributed by atoms with van der Waals surface area (Å²) in [6.07, 6.45) is 0. The molecule has 4 heteroatoms. The predicted molar refractivity (Wildman–Crippen MR) is 51.6 cm³/mol. The molecule has 0 aromatic carbocycles. The Hall–Kier alpha value is -0.380. The predicted octanol–water partition coefficient (Wildman–Crippen LogP) is 1.54. The van der Waals surface area contributed by atoms with Crippen molar-refractivity contribution in [3.8, 4) is 0 Å². The van der Waals surface area contributed by atoms with Crippen molar-refractivity contribution in [3.63, 3.8) is 0 Å². The molecule has 2 unspecified atom stereocenters. The number of hydrogen-bond acceptors (Lipinski definition) is 3. The van der Waals surface area contributed by atoms with E-state index in [1.54, 1.807) is 0 Å². The molecular weight excluding hydrogens is 236 g/mol. The van der Waals surface area contributed by atoms with Crippen molar-refractivity contribution in [3.05, 3.63) is 0 Å². The van der Waals surface area contributed by atoms with Crippen molar-refractivity contribution >= 4 is 27.7 Å². The molecule has 0 amide bonds. The normalized spacial score (nSPS) is 30.9. The van der Waals surface area contributed by atoms with Crippen molar-refractivity contribution in [2.24, 2.45) is 11.3 Å². The van der Waals surface area contributed by atoms with Gasteiger partial charge in [-0.25, -0.2) is 0 Å². The lowest BCUT2D eigenvalue weighted by atomic mass is 9.61. The van der Waals surface area contributed by atoms with E-state index in [-0.39, 0.29) is 27.9 Å². The van der Waals surface area contributed by atoms with Crippen LogP contribution in [0, 0.1) is 11.3 Å². The van der Waals surface area contributed by atoms with Crippen molar-refractivity contribution in [1.29, 1.82) is 0 Å². The van der Waals surface area contributed by atoms with E-state index in [2.05, 4.69) is 15.9 Å². The Morgan fingerprint density at radius 3 is 2.54 bits per heavy atom. The summed E-state index contributed by atoms with van der Waals surface area (Å²) in [6.45, 7) is 5.45. The zero-order chi connectivity index (χ0) is 10.2. The number of ketones is 1. The molecule has 1 fully saturated rings. The third-order valence-corrected chi connectivity index (χ3v) is 3.69. The third kappa shape index (κ3) is 1.77. The summed E-state index contributed by atoms with van der Waals surface area (Å²) >= 11 is 3.28. The fraction of sp³-hybridized carbons (Fsp3) is 0.778. The molecule has 0 aromatic rings. The van der Waals surface area contributed by atoms with Crippen LogP contribution in [0.25, 0.3) is 0 Å². The molecule has 0 heterocycles. The van der Waals surface area contributed by atoms with Crippen LogP contribution in [0.15, 0.2) is 0 Å². The molecule has 0 spiro atoms. The second-order valence-corrected chi connectivity index (χ2v) is 4.88. The topological polar surface area (TPSA) is 43.4 Å². The minimum Gasteiger partial charge on any atom is -0.465 e. The molecule has 0 aromatic heterocycles. The lowest BCUT2D eigenvalue weighted by molar-refractivity contribution is -0.153. The molecule has 1 aliphatic carbocycles. The number of esters is 1. The van der Waals surface area contributed by atoms with Crippen LogP contribution in [0.2, 0.25) is 0 Å². The molecule has 1 saturated carbocycles. The largest absolute Gasteiger partial charge is 0.465 e. The second-order valence-electron chi connectivity index (χ2n) is 3.90. The first kappa shape index (κ1) is 10.7. The highest BCUT2D eigenvalue weighted by molar-refractivity contribution is 9.10. The van der Waals surface area contributed by atoms with Crippen LogP contribution in [0.4, 0.5) is 0 Å². The summed E-state index contributed by atoms with van der Waals surface area (Å²) < 4.78 is 4.88. The summed E-state index contributed by atoms with van der Waals surface area (Å²) in [5.74, 6) is -0.0107. The van der Waals surface area contributed by atoms with E-state index in [1.807, 2.05) is 13.8 Å². The smallest absolute Gasteiger partial charge is 0.302 e. The van der Waals surface area contributed by atoms with Crippen LogP contribution in [0.3, 0.4) is 0 Å². The Kier molecular flexibility index (Phi) is 2.80. The van der Waals surface area contributed by atoms with E-state index in [1.165, 1.54) is 6.92 Å². The van der Waals surface area contributed by atoms with E-state index in [0.717, 1.165) is 0 Å². The second kappa shape index (κ2) is 3.40. The van der Waals surface area contributed by atoms with Crippen molar-refractivity contribution in [2.75, 3.05) is 6.61 Å². The van der Waals surface area contributed by atoms with Gasteiger partial charge in [0.15, 0.2) is 5.78 Å². The summed E-state index contributed by atoms with van der Waals surface area (Å²) in [6, 6.07) is 0. The number of carbonyl (C=O) groups excluding carboxylic acids is 2. The Morgan fingerprint density at radius 2 is 2.15 bits per heavy atom. The van der Waals surface area contributed by atoms with Gasteiger partial charge >= 0.3 is 5.97 Å². The molecule has 2 atom stereocenters. The monoisotopic (exact) mass is 248 g/mol. The minimum absolute atomic E-state index is 0.101. The minimum atomic E-state index is -0.358. The van der Waals surface area contributed by atoms with Crippen LogP contribution < -0.4 is 0 Å². The molecule has 0 radical (unpaired) electrons. The maximum absolute atomic E-state index is 11.4. The average Bonchev–Trinajstić information content (AvgIpc) is 2.02. The van der Waals surface area contributed by atoms with Gasteiger partial charge in [0.1, 0.15) is 0 Å². The molecule has 74 valence electrons. The maximum atomic E-state index is 11.4. The van der Waals surface area contributed by atoms with E-state index < -0.39 is 0 Å². The lowest BCUT2D eigenvalue weighted by Crippen LogP contribution is -2.57. The van der Waals surface area contributed by atoms with E-state index in [0.29, 0.717) is 6.61 Å². The quantitative estimate of drug-likeness (QED) is 0.550. The molecule has 13 heavy (non-hydrogen) atoms. The average molecular weight is 249 g/mol. The van der Waals surface area contributed by atoms with Gasteiger partial charge in [-0.05, 0) is 0 Å². The summed E-state index contributed by atoms with van der Waals surface area (Å²) in [5, 5.41) is 0. The molecule has 0 saturated heterocycles. The Labute approximate surface area is 86.0 Å². The highest BCUT2D eigenvalue weighted by atomic mass is 79.9. The van der Waals surface area contributed by atoms with Gasteiger partial charge in [0, 0.05) is 18.3 Å². The molecule has 3 nitrogen and oxygen atoms in total. The standard InChI is InChI=1S/C9H13BrO3/c1-5(11)13-4-6-7(10)8(12)9(6,2)3/h6-7H,4H2,1-3H3. The number of Topliss-reactive ketones (excluding diaryl/α,β-unsaturated/α-hetero) is 1. The Morgan fingerprint density at radius 1 is 1.62 bits per heavy atom. The Balaban J connectivity index is 2.52. The van der Waals surface area contributed by atoms with Crippen molar-refractivity contribution < 1.29 is 14.3 Å². The van der Waals surface area contributed by atoms with Crippen LogP contribution >= 0.6 is 15.9 Å². The summed E-state index contributed by atoms with van der Waals surface area (Å²) in [4.78, 5) is 21.8. The number of rotatable bonds is 2. The third-order valence-electron chi connectivity index (χ3n) is 2.63. The first-order valence-electron chi connectivity index (χ1n) is 4.19. The SMILES string of the molecule is CC(=O)OCC1C(Br)C(=O)C1(C)C. The fourth-order valence-corrected chi connectivity index (χ4v) is 2.89. The van der Waals surface area contributed by atoms with Gasteiger partial charge in [-0.2, -0.15) is 0 Å². The summed E-state index contributed by atoms with van der Waals surface area (Å²) in [7, 11) is 0. The lowest BCUT2D eigenvalue weighted by Gasteiger charge is -2.46. The first-order valence-corrected chi connectivity index (χ1v) is 5.10. The van der Waals surface area contributed by atoms with Gasteiger partial charge in [-0.1, -0.05) is 29.8 Å². The van der Waals surface area contributed by atoms with Gasteiger partial charge < -0.3 is 4.74 Å². The maximum Gasteiger partial charge on any atom is 0.302 e. The van der Waals surface area contributed by atoms with Crippen molar-refractivity contribution in [2.45, 2.75) is 25.6 Å². The van der Waals surface area contributed by atoms with Crippen LogP contribution in [-0.2, 0) is 14.3 Å². The van der Waals surface area contributed by atoms with Gasteiger partial charge in [0.25, 0.3) is 0 Å². The van der Waals surface area contributed by atoms with E-state index in [4.69, 9.17) is 4.74 Å². The van der Waals surface area contributed by atoms with Gasteiger partial charge in [-0.3, -0.25) is 9.59 Å². The number of halogens is 1. The van der Waals surface area contributed by atoms with Gasteiger partial charge in [0.2, 0.25) is 0 Å². The highest BCUT2D eigenvalue weighted by Gasteiger charge is 2.55. The van der Waals surface area contributed by atoms with Crippen LogP contribution in [-0.4, -0.2) is 23.2 Å². The molecular formula is C9H13BrO3. The van der Waals surface area contributed by atoms with E-state index >= 15 is 0 Å². The highest BCUT2D eigenvalue weighted by Crippen LogP contribution is 2.46. The van der Waals surface area contributed by atoms with E-state index in [9.17, 15) is 9.59 Å². The number of alkyl halides is 1.